The Hall–Kier alpha value is -4.21. The molecule has 1 N–H and O–H groups in total. The van der Waals surface area contributed by atoms with Gasteiger partial charge in [-0.05, 0) is 43.7 Å². The zero-order valence-corrected chi connectivity index (χ0v) is 18.4. The van der Waals surface area contributed by atoms with Crippen LogP contribution in [0, 0.1) is 29.9 Å². The van der Waals surface area contributed by atoms with Gasteiger partial charge < -0.3 is 15.0 Å². The number of nitrogens with one attached hydrogen (secondary N) is 1. The second kappa shape index (κ2) is 8.73. The number of hydrogen-bond acceptors (Lipinski definition) is 6. The fraction of sp³-hybridized carbons (Fsp3) is 0.261. The summed E-state index contributed by atoms with van der Waals surface area (Å²) >= 11 is 0. The molecular weight excluding hydrogens is 426 g/mol. The summed E-state index contributed by atoms with van der Waals surface area (Å²) in [6.07, 6.45) is 0.0770. The third-order valence-corrected chi connectivity index (χ3v) is 5.51. The molecule has 0 spiro atoms. The van der Waals surface area contributed by atoms with Gasteiger partial charge in [-0.25, -0.2) is 4.68 Å². The highest BCUT2D eigenvalue weighted by atomic mass is 16.6. The summed E-state index contributed by atoms with van der Waals surface area (Å²) in [5.41, 5.74) is 2.82. The monoisotopic (exact) mass is 449 g/mol. The van der Waals surface area contributed by atoms with Gasteiger partial charge in [0.2, 0.25) is 11.8 Å². The Kier molecular flexibility index (Phi) is 5.82. The van der Waals surface area contributed by atoms with Gasteiger partial charge >= 0.3 is 0 Å². The van der Waals surface area contributed by atoms with Crippen LogP contribution in [0.1, 0.15) is 17.7 Å². The van der Waals surface area contributed by atoms with E-state index < -0.39 is 10.8 Å². The number of anilines is 2. The summed E-state index contributed by atoms with van der Waals surface area (Å²) in [5.74, 6) is -0.0184. The molecule has 170 valence electrons. The smallest absolute Gasteiger partial charge is 0.269 e. The van der Waals surface area contributed by atoms with E-state index in [0.29, 0.717) is 28.6 Å². The third kappa shape index (κ3) is 4.40. The predicted octanol–water partition coefficient (Wildman–Crippen LogP) is 3.40. The molecule has 1 aliphatic rings. The van der Waals surface area contributed by atoms with Crippen molar-refractivity contribution in [2.24, 2.45) is 5.92 Å². The van der Waals surface area contributed by atoms with E-state index >= 15 is 0 Å². The Balaban J connectivity index is 1.54. The minimum Gasteiger partial charge on any atom is -0.495 e. The number of nitro benzene ring substituents is 1. The number of hydrogen-bond donors (Lipinski definition) is 1. The molecule has 33 heavy (non-hydrogen) atoms. The van der Waals surface area contributed by atoms with E-state index in [1.807, 2.05) is 19.1 Å². The summed E-state index contributed by atoms with van der Waals surface area (Å²) in [5, 5.41) is 18.2. The van der Waals surface area contributed by atoms with Crippen LogP contribution in [0.5, 0.6) is 5.75 Å². The molecule has 1 aliphatic heterocycles. The standard InChI is InChI=1S/C23H23N5O5/c1-14-4-9-20(33-3)19(10-14)26-13-16(12-22(26)29)23(30)24-21-11-15(2)25-27(21)17-5-7-18(8-6-17)28(31)32/h4-11,16H,12-13H2,1-3H3,(H,24,30). The molecule has 1 aromatic heterocycles. The number of carbonyl (C=O) groups is 2. The maximum atomic E-state index is 13.0. The van der Waals surface area contributed by atoms with Crippen molar-refractivity contribution in [3.05, 3.63) is 69.9 Å². The average molecular weight is 449 g/mol. The topological polar surface area (TPSA) is 120 Å². The fourth-order valence-corrected chi connectivity index (χ4v) is 3.86. The van der Waals surface area contributed by atoms with Gasteiger partial charge in [-0.15, -0.1) is 0 Å². The first kappa shape index (κ1) is 22.0. The highest BCUT2D eigenvalue weighted by molar-refractivity contribution is 6.04. The Morgan fingerprint density at radius 1 is 1.18 bits per heavy atom. The lowest BCUT2D eigenvalue weighted by molar-refractivity contribution is -0.384. The number of non-ortho nitro benzene ring substituents is 1. The van der Waals surface area contributed by atoms with Crippen LogP contribution in [0.15, 0.2) is 48.5 Å². The van der Waals surface area contributed by atoms with Crippen molar-refractivity contribution in [3.8, 4) is 11.4 Å². The van der Waals surface area contributed by atoms with Gasteiger partial charge in [0.05, 0.1) is 35.0 Å². The largest absolute Gasteiger partial charge is 0.495 e. The number of ether oxygens (including phenoxy) is 1. The molecule has 10 heteroatoms. The van der Waals surface area contributed by atoms with Crippen LogP contribution in [0.25, 0.3) is 5.69 Å². The van der Waals surface area contributed by atoms with E-state index in [-0.39, 0.29) is 30.5 Å². The second-order valence-electron chi connectivity index (χ2n) is 7.93. The van der Waals surface area contributed by atoms with Gasteiger partial charge in [-0.3, -0.25) is 19.7 Å². The predicted molar refractivity (Wildman–Crippen MR) is 122 cm³/mol. The molecule has 2 amide bonds. The van der Waals surface area contributed by atoms with Gasteiger partial charge in [0, 0.05) is 31.2 Å². The first-order valence-electron chi connectivity index (χ1n) is 10.3. The SMILES string of the molecule is COc1ccc(C)cc1N1CC(C(=O)Nc2cc(C)nn2-c2ccc([N+](=O)[O-])cc2)CC1=O. The molecule has 2 heterocycles. The fourth-order valence-electron chi connectivity index (χ4n) is 3.86. The number of carbonyl (C=O) groups excluding carboxylic acids is 2. The number of amides is 2. The van der Waals surface area contributed by atoms with Gasteiger partial charge in [0.15, 0.2) is 0 Å². The van der Waals surface area contributed by atoms with Crippen molar-refractivity contribution in [1.29, 1.82) is 0 Å². The van der Waals surface area contributed by atoms with E-state index in [1.54, 1.807) is 43.2 Å². The van der Waals surface area contributed by atoms with E-state index in [0.717, 1.165) is 5.56 Å². The molecule has 1 fully saturated rings. The minimum atomic E-state index is -0.553. The van der Waals surface area contributed by atoms with Gasteiger partial charge in [0.1, 0.15) is 11.6 Å². The van der Waals surface area contributed by atoms with Crippen LogP contribution >= 0.6 is 0 Å². The van der Waals surface area contributed by atoms with Crippen molar-refractivity contribution in [2.75, 3.05) is 23.9 Å². The maximum absolute atomic E-state index is 13.0. The highest BCUT2D eigenvalue weighted by Gasteiger charge is 2.36. The van der Waals surface area contributed by atoms with Crippen LogP contribution in [-0.2, 0) is 9.59 Å². The van der Waals surface area contributed by atoms with Crippen molar-refractivity contribution in [3.63, 3.8) is 0 Å². The molecule has 0 radical (unpaired) electrons. The van der Waals surface area contributed by atoms with E-state index in [9.17, 15) is 19.7 Å². The molecule has 0 bridgehead atoms. The maximum Gasteiger partial charge on any atom is 0.269 e. The molecule has 1 saturated heterocycles. The summed E-state index contributed by atoms with van der Waals surface area (Å²) in [6, 6.07) is 13.1. The zero-order chi connectivity index (χ0) is 23.7. The Bertz CT molecular complexity index is 1230. The normalized spacial score (nSPS) is 15.5. The minimum absolute atomic E-state index is 0.0376. The number of nitro groups is 1. The van der Waals surface area contributed by atoms with Crippen molar-refractivity contribution >= 4 is 29.0 Å². The summed E-state index contributed by atoms with van der Waals surface area (Å²) in [4.78, 5) is 37.8. The molecule has 1 atom stereocenters. The van der Waals surface area contributed by atoms with Gasteiger partial charge in [-0.1, -0.05) is 6.07 Å². The zero-order valence-electron chi connectivity index (χ0n) is 18.4. The molecule has 0 saturated carbocycles. The first-order chi connectivity index (χ1) is 15.8. The van der Waals surface area contributed by atoms with Crippen LogP contribution in [0.3, 0.4) is 0 Å². The number of methoxy groups -OCH3 is 1. The Morgan fingerprint density at radius 2 is 1.91 bits per heavy atom. The van der Waals surface area contributed by atoms with Crippen molar-refractivity contribution in [1.82, 2.24) is 9.78 Å². The average Bonchev–Trinajstić information content (AvgIpc) is 3.36. The van der Waals surface area contributed by atoms with Gasteiger partial charge in [0.25, 0.3) is 5.69 Å². The van der Waals surface area contributed by atoms with Gasteiger partial charge in [-0.2, -0.15) is 5.10 Å². The second-order valence-corrected chi connectivity index (χ2v) is 7.93. The molecule has 10 nitrogen and oxygen atoms in total. The van der Waals surface area contributed by atoms with Crippen molar-refractivity contribution in [2.45, 2.75) is 20.3 Å². The molecule has 2 aromatic carbocycles. The van der Waals surface area contributed by atoms with Crippen molar-refractivity contribution < 1.29 is 19.2 Å². The molecule has 0 aliphatic carbocycles. The summed E-state index contributed by atoms with van der Waals surface area (Å²) in [7, 11) is 1.54. The molecular formula is C23H23N5O5. The van der Waals surface area contributed by atoms with Crippen LogP contribution in [0.4, 0.5) is 17.2 Å². The highest BCUT2D eigenvalue weighted by Crippen LogP contribution is 2.34. The number of benzene rings is 2. The molecule has 1 unspecified atom stereocenters. The van der Waals surface area contributed by atoms with Crippen LogP contribution < -0.4 is 15.0 Å². The first-order valence-corrected chi connectivity index (χ1v) is 10.3. The molecule has 3 aromatic rings. The van der Waals surface area contributed by atoms with E-state index in [1.165, 1.54) is 16.8 Å². The number of aryl methyl sites for hydroxylation is 2. The van der Waals surface area contributed by atoms with Crippen LogP contribution in [-0.4, -0.2) is 40.2 Å². The summed E-state index contributed by atoms with van der Waals surface area (Å²) in [6.45, 7) is 3.94. The lowest BCUT2D eigenvalue weighted by Crippen LogP contribution is -2.29. The van der Waals surface area contributed by atoms with Crippen LogP contribution in [0.2, 0.25) is 0 Å². The third-order valence-electron chi connectivity index (χ3n) is 5.51. The number of aromatic nitrogens is 2. The molecule has 4 rings (SSSR count). The lowest BCUT2D eigenvalue weighted by atomic mass is 10.1. The summed E-state index contributed by atoms with van der Waals surface area (Å²) < 4.78 is 6.90. The van der Waals surface area contributed by atoms with E-state index in [4.69, 9.17) is 4.74 Å². The number of rotatable bonds is 6. The lowest BCUT2D eigenvalue weighted by Gasteiger charge is -2.20. The quantitative estimate of drug-likeness (QED) is 0.455. The Labute approximate surface area is 189 Å². The number of nitrogens with zero attached hydrogens (tertiary/aromatic N) is 4. The van der Waals surface area contributed by atoms with E-state index in [2.05, 4.69) is 10.4 Å². The Morgan fingerprint density at radius 3 is 2.58 bits per heavy atom.